The second kappa shape index (κ2) is 8.27. The quantitative estimate of drug-likeness (QED) is 0.854. The molecule has 0 aliphatic carbocycles. The van der Waals surface area contributed by atoms with Crippen molar-refractivity contribution in [2.24, 2.45) is 0 Å². The smallest absolute Gasteiger partial charge is 0.270 e. The third kappa shape index (κ3) is 4.77. The fourth-order valence-electron chi connectivity index (χ4n) is 2.26. The van der Waals surface area contributed by atoms with Crippen LogP contribution in [0.1, 0.15) is 41.4 Å². The van der Waals surface area contributed by atoms with Crippen molar-refractivity contribution in [1.29, 1.82) is 0 Å². The molecule has 1 aromatic carbocycles. The number of carbonyl (C=O) groups excluding carboxylic acids is 1. The molecule has 1 aromatic heterocycles. The first kappa shape index (κ1) is 16.9. The van der Waals surface area contributed by atoms with E-state index in [-0.39, 0.29) is 5.91 Å². The van der Waals surface area contributed by atoms with E-state index >= 15 is 0 Å². The predicted octanol–water partition coefficient (Wildman–Crippen LogP) is 2.95. The molecule has 2 aromatic rings. The Morgan fingerprint density at radius 3 is 2.78 bits per heavy atom. The van der Waals surface area contributed by atoms with Gasteiger partial charge in [-0.05, 0) is 24.5 Å². The van der Waals surface area contributed by atoms with E-state index < -0.39 is 0 Å². The molecular formula is C18H24N4O. The molecule has 122 valence electrons. The van der Waals surface area contributed by atoms with Crippen LogP contribution < -0.4 is 10.2 Å². The average molecular weight is 312 g/mol. The highest BCUT2D eigenvalue weighted by atomic mass is 16.1. The minimum atomic E-state index is -0.180. The Morgan fingerprint density at radius 2 is 2.04 bits per heavy atom. The largest absolute Gasteiger partial charge is 0.360 e. The molecule has 5 heteroatoms. The summed E-state index contributed by atoms with van der Waals surface area (Å²) in [5.74, 6) is 0.593. The number of rotatable bonds is 7. The van der Waals surface area contributed by atoms with Gasteiger partial charge in [0.25, 0.3) is 5.91 Å². The van der Waals surface area contributed by atoms with Crippen molar-refractivity contribution in [2.45, 2.75) is 33.2 Å². The number of unbranched alkanes of at least 4 members (excludes halogenated alkanes) is 1. The summed E-state index contributed by atoms with van der Waals surface area (Å²) in [6.07, 6.45) is 3.66. The molecule has 0 aliphatic heterocycles. The third-order valence-corrected chi connectivity index (χ3v) is 3.82. The molecule has 0 bridgehead atoms. The van der Waals surface area contributed by atoms with Crippen LogP contribution in [0.2, 0.25) is 0 Å². The van der Waals surface area contributed by atoms with Gasteiger partial charge >= 0.3 is 0 Å². The van der Waals surface area contributed by atoms with Gasteiger partial charge < -0.3 is 10.2 Å². The first-order valence-corrected chi connectivity index (χ1v) is 7.97. The van der Waals surface area contributed by atoms with Gasteiger partial charge in [0, 0.05) is 26.2 Å². The maximum Gasteiger partial charge on any atom is 0.270 e. The Labute approximate surface area is 137 Å². The molecule has 0 atom stereocenters. The van der Waals surface area contributed by atoms with Gasteiger partial charge in [-0.25, -0.2) is 9.97 Å². The van der Waals surface area contributed by atoms with Crippen molar-refractivity contribution in [3.8, 4) is 0 Å². The zero-order chi connectivity index (χ0) is 16.7. The number of benzene rings is 1. The highest BCUT2D eigenvalue weighted by Gasteiger charge is 2.11. The average Bonchev–Trinajstić information content (AvgIpc) is 2.58. The SMILES string of the molecule is CCCCN(C)c1cc(C(=O)NCc2ccccc2C)ncn1. The van der Waals surface area contributed by atoms with Crippen LogP contribution in [0.15, 0.2) is 36.7 Å². The minimum Gasteiger partial charge on any atom is -0.360 e. The van der Waals surface area contributed by atoms with E-state index in [9.17, 15) is 4.79 Å². The van der Waals surface area contributed by atoms with Crippen LogP contribution in [-0.2, 0) is 6.54 Å². The van der Waals surface area contributed by atoms with Gasteiger partial charge in [-0.1, -0.05) is 37.6 Å². The lowest BCUT2D eigenvalue weighted by Gasteiger charge is -2.17. The summed E-state index contributed by atoms with van der Waals surface area (Å²) < 4.78 is 0. The zero-order valence-corrected chi connectivity index (χ0v) is 14.0. The van der Waals surface area contributed by atoms with E-state index in [1.165, 1.54) is 6.33 Å². The molecule has 1 N–H and O–H groups in total. The molecule has 0 aliphatic rings. The van der Waals surface area contributed by atoms with Crippen molar-refractivity contribution in [1.82, 2.24) is 15.3 Å². The summed E-state index contributed by atoms with van der Waals surface area (Å²) in [7, 11) is 1.98. The Hall–Kier alpha value is -2.43. The number of nitrogens with zero attached hydrogens (tertiary/aromatic N) is 3. The van der Waals surface area contributed by atoms with Crippen molar-refractivity contribution < 1.29 is 4.79 Å². The Balaban J connectivity index is 2.01. The van der Waals surface area contributed by atoms with E-state index in [1.54, 1.807) is 6.07 Å². The number of hydrogen-bond acceptors (Lipinski definition) is 4. The van der Waals surface area contributed by atoms with Crippen LogP contribution in [0.5, 0.6) is 0 Å². The van der Waals surface area contributed by atoms with E-state index in [1.807, 2.05) is 43.1 Å². The molecule has 0 unspecified atom stereocenters. The maximum atomic E-state index is 12.3. The second-order valence-corrected chi connectivity index (χ2v) is 5.65. The third-order valence-electron chi connectivity index (χ3n) is 3.82. The Kier molecular flexibility index (Phi) is 6.09. The van der Waals surface area contributed by atoms with Gasteiger partial charge in [-0.15, -0.1) is 0 Å². The topological polar surface area (TPSA) is 58.1 Å². The van der Waals surface area contributed by atoms with E-state index in [0.717, 1.165) is 36.3 Å². The summed E-state index contributed by atoms with van der Waals surface area (Å²) in [5, 5.41) is 2.92. The van der Waals surface area contributed by atoms with Gasteiger partial charge in [0.15, 0.2) is 0 Å². The number of anilines is 1. The molecule has 5 nitrogen and oxygen atoms in total. The number of amides is 1. The summed E-state index contributed by atoms with van der Waals surface area (Å²) in [4.78, 5) is 22.7. The van der Waals surface area contributed by atoms with Crippen LogP contribution in [0.25, 0.3) is 0 Å². The monoisotopic (exact) mass is 312 g/mol. The Morgan fingerprint density at radius 1 is 1.26 bits per heavy atom. The lowest BCUT2D eigenvalue weighted by molar-refractivity contribution is 0.0945. The van der Waals surface area contributed by atoms with Crippen molar-refractivity contribution in [2.75, 3.05) is 18.5 Å². The predicted molar refractivity (Wildman–Crippen MR) is 92.6 cm³/mol. The Bertz CT molecular complexity index is 657. The number of carbonyl (C=O) groups is 1. The summed E-state index contributed by atoms with van der Waals surface area (Å²) in [6, 6.07) is 9.75. The highest BCUT2D eigenvalue weighted by molar-refractivity contribution is 5.92. The molecule has 2 rings (SSSR count). The van der Waals surface area contributed by atoms with Crippen LogP contribution in [-0.4, -0.2) is 29.5 Å². The summed E-state index contributed by atoms with van der Waals surface area (Å²) >= 11 is 0. The van der Waals surface area contributed by atoms with Gasteiger partial charge in [0.05, 0.1) is 0 Å². The molecule has 0 radical (unpaired) electrons. The molecule has 23 heavy (non-hydrogen) atoms. The van der Waals surface area contributed by atoms with Crippen LogP contribution in [0, 0.1) is 6.92 Å². The van der Waals surface area contributed by atoms with Crippen molar-refractivity contribution in [3.05, 3.63) is 53.5 Å². The highest BCUT2D eigenvalue weighted by Crippen LogP contribution is 2.11. The zero-order valence-electron chi connectivity index (χ0n) is 14.0. The van der Waals surface area contributed by atoms with Crippen LogP contribution >= 0.6 is 0 Å². The van der Waals surface area contributed by atoms with Gasteiger partial charge in [0.1, 0.15) is 17.8 Å². The minimum absolute atomic E-state index is 0.180. The molecule has 0 fully saturated rings. The summed E-state index contributed by atoms with van der Waals surface area (Å²) in [6.45, 7) is 5.60. The van der Waals surface area contributed by atoms with Crippen LogP contribution in [0.3, 0.4) is 0 Å². The molecule has 0 saturated carbocycles. The lowest BCUT2D eigenvalue weighted by atomic mass is 10.1. The second-order valence-electron chi connectivity index (χ2n) is 5.65. The number of aromatic nitrogens is 2. The maximum absolute atomic E-state index is 12.3. The first-order valence-electron chi connectivity index (χ1n) is 7.97. The van der Waals surface area contributed by atoms with E-state index in [0.29, 0.717) is 12.2 Å². The number of aryl methyl sites for hydroxylation is 1. The van der Waals surface area contributed by atoms with Gasteiger partial charge in [-0.3, -0.25) is 4.79 Å². The fraction of sp³-hybridized carbons (Fsp3) is 0.389. The molecule has 0 saturated heterocycles. The van der Waals surface area contributed by atoms with Gasteiger partial charge in [-0.2, -0.15) is 0 Å². The lowest BCUT2D eigenvalue weighted by Crippen LogP contribution is -2.25. The standard InChI is InChI=1S/C18H24N4O/c1-4-5-10-22(3)17-11-16(20-13-21-17)18(23)19-12-15-9-7-6-8-14(15)2/h6-9,11,13H,4-5,10,12H2,1-3H3,(H,19,23). The normalized spacial score (nSPS) is 10.4. The van der Waals surface area contributed by atoms with E-state index in [4.69, 9.17) is 0 Å². The summed E-state index contributed by atoms with van der Waals surface area (Å²) in [5.41, 5.74) is 2.66. The molecule has 0 spiro atoms. The molecule has 1 amide bonds. The number of nitrogens with one attached hydrogen (secondary N) is 1. The van der Waals surface area contributed by atoms with Gasteiger partial charge in [0.2, 0.25) is 0 Å². The molecular weight excluding hydrogens is 288 g/mol. The van der Waals surface area contributed by atoms with Crippen LogP contribution in [0.4, 0.5) is 5.82 Å². The first-order chi connectivity index (χ1) is 11.1. The van der Waals surface area contributed by atoms with E-state index in [2.05, 4.69) is 22.2 Å². The van der Waals surface area contributed by atoms with Crippen molar-refractivity contribution >= 4 is 11.7 Å². The van der Waals surface area contributed by atoms with Crippen molar-refractivity contribution in [3.63, 3.8) is 0 Å². The molecule has 1 heterocycles. The number of hydrogen-bond donors (Lipinski definition) is 1. The fourth-order valence-corrected chi connectivity index (χ4v) is 2.26.